The van der Waals surface area contributed by atoms with Crippen LogP contribution < -0.4 is 0 Å². The normalized spacial score (nSPS) is 11.3. The first-order valence-corrected chi connectivity index (χ1v) is 10.3. The van der Waals surface area contributed by atoms with E-state index < -0.39 is 0 Å². The Morgan fingerprint density at radius 3 is 2.48 bits per heavy atom. The summed E-state index contributed by atoms with van der Waals surface area (Å²) in [5.74, 6) is 0.0589. The highest BCUT2D eigenvalue weighted by Gasteiger charge is 2.20. The zero-order valence-electron chi connectivity index (χ0n) is 16.5. The van der Waals surface area contributed by atoms with Crippen molar-refractivity contribution in [1.82, 2.24) is 14.8 Å². The first-order valence-electron chi connectivity index (χ1n) is 9.48. The predicted octanol–water partition coefficient (Wildman–Crippen LogP) is 4.69. The van der Waals surface area contributed by atoms with Crippen LogP contribution in [0.15, 0.2) is 42.5 Å². The van der Waals surface area contributed by atoms with Gasteiger partial charge in [0.15, 0.2) is 0 Å². The van der Waals surface area contributed by atoms with Gasteiger partial charge in [-0.1, -0.05) is 56.3 Å². The van der Waals surface area contributed by atoms with Crippen molar-refractivity contribution in [1.29, 1.82) is 0 Å². The summed E-state index contributed by atoms with van der Waals surface area (Å²) >= 11 is 1.49. The number of carbonyl (C=O) groups is 1. The fraction of sp³-hybridized carbons (Fsp3) is 0.364. The Balaban J connectivity index is 1.84. The summed E-state index contributed by atoms with van der Waals surface area (Å²) in [4.78, 5) is 22.5. The molecule has 0 spiro atoms. The molecule has 1 aromatic heterocycles. The quantitative estimate of drug-likeness (QED) is 0.596. The van der Waals surface area contributed by atoms with Crippen LogP contribution in [-0.4, -0.2) is 53.9 Å². The number of likely N-dealkylation sites (N-methyl/N-ethyl adjacent to an activating group) is 2. The van der Waals surface area contributed by atoms with E-state index in [0.29, 0.717) is 0 Å². The highest BCUT2D eigenvalue weighted by atomic mass is 32.1. The van der Waals surface area contributed by atoms with E-state index in [1.807, 2.05) is 37.1 Å². The van der Waals surface area contributed by atoms with Gasteiger partial charge in [0.05, 0.1) is 5.69 Å². The molecule has 0 aliphatic carbocycles. The van der Waals surface area contributed by atoms with E-state index in [-0.39, 0.29) is 5.91 Å². The van der Waals surface area contributed by atoms with E-state index in [1.165, 1.54) is 22.1 Å². The summed E-state index contributed by atoms with van der Waals surface area (Å²) in [6, 6.07) is 14.5. The zero-order valence-corrected chi connectivity index (χ0v) is 17.3. The van der Waals surface area contributed by atoms with Crippen LogP contribution >= 0.6 is 11.3 Å². The molecule has 2 aromatic carbocycles. The summed E-state index contributed by atoms with van der Waals surface area (Å²) in [5.41, 5.74) is 1.90. The van der Waals surface area contributed by atoms with E-state index in [0.717, 1.165) is 47.3 Å². The minimum Gasteiger partial charge on any atom is -0.340 e. The van der Waals surface area contributed by atoms with Crippen molar-refractivity contribution in [2.75, 3.05) is 33.2 Å². The van der Waals surface area contributed by atoms with Gasteiger partial charge in [0.2, 0.25) is 0 Å². The van der Waals surface area contributed by atoms with Gasteiger partial charge in [0.1, 0.15) is 9.88 Å². The number of hydrogen-bond donors (Lipinski definition) is 0. The maximum Gasteiger partial charge on any atom is 0.265 e. The number of carbonyl (C=O) groups excluding carboxylic acids is 1. The molecular weight excluding hydrogens is 354 g/mol. The molecule has 0 radical (unpaired) electrons. The Morgan fingerprint density at radius 1 is 1.04 bits per heavy atom. The summed E-state index contributed by atoms with van der Waals surface area (Å²) in [5, 5.41) is 3.26. The number of amides is 1. The van der Waals surface area contributed by atoms with Crippen molar-refractivity contribution >= 4 is 28.0 Å². The maximum absolute atomic E-state index is 12.9. The van der Waals surface area contributed by atoms with E-state index >= 15 is 0 Å². The third-order valence-corrected chi connectivity index (χ3v) is 6.18. The van der Waals surface area contributed by atoms with Gasteiger partial charge in [0, 0.05) is 25.7 Å². The summed E-state index contributed by atoms with van der Waals surface area (Å²) in [6.45, 7) is 9.85. The van der Waals surface area contributed by atoms with Crippen LogP contribution in [0.3, 0.4) is 0 Å². The lowest BCUT2D eigenvalue weighted by Gasteiger charge is -2.22. The second-order valence-electron chi connectivity index (χ2n) is 6.71. The first-order chi connectivity index (χ1) is 13.0. The molecule has 1 heterocycles. The highest BCUT2D eigenvalue weighted by Crippen LogP contribution is 2.33. The van der Waals surface area contributed by atoms with Crippen LogP contribution in [0.25, 0.3) is 21.3 Å². The Morgan fingerprint density at radius 2 is 1.74 bits per heavy atom. The van der Waals surface area contributed by atoms with Crippen LogP contribution in [0, 0.1) is 6.92 Å². The number of rotatable bonds is 7. The van der Waals surface area contributed by atoms with E-state index in [1.54, 1.807) is 0 Å². The lowest BCUT2D eigenvalue weighted by Crippen LogP contribution is -2.36. The van der Waals surface area contributed by atoms with Crippen molar-refractivity contribution in [2.24, 2.45) is 0 Å². The Labute approximate surface area is 165 Å². The van der Waals surface area contributed by atoms with Crippen molar-refractivity contribution < 1.29 is 4.79 Å². The molecule has 0 atom stereocenters. The summed E-state index contributed by atoms with van der Waals surface area (Å²) in [7, 11) is 1.88. The van der Waals surface area contributed by atoms with Gasteiger partial charge >= 0.3 is 0 Å². The molecule has 142 valence electrons. The van der Waals surface area contributed by atoms with Gasteiger partial charge < -0.3 is 9.80 Å². The number of benzene rings is 2. The molecule has 0 N–H and O–H groups in total. The maximum atomic E-state index is 12.9. The van der Waals surface area contributed by atoms with E-state index in [4.69, 9.17) is 4.98 Å². The van der Waals surface area contributed by atoms with Gasteiger partial charge in [-0.3, -0.25) is 4.79 Å². The molecule has 0 bridgehead atoms. The van der Waals surface area contributed by atoms with Gasteiger partial charge in [0.25, 0.3) is 5.91 Å². The molecule has 0 unspecified atom stereocenters. The fourth-order valence-corrected chi connectivity index (χ4v) is 4.33. The average molecular weight is 382 g/mol. The molecule has 3 aromatic rings. The summed E-state index contributed by atoms with van der Waals surface area (Å²) in [6.07, 6.45) is 0. The molecule has 5 heteroatoms. The lowest BCUT2D eigenvalue weighted by atomic mass is 10.1. The predicted molar refractivity (Wildman–Crippen MR) is 115 cm³/mol. The average Bonchev–Trinajstić information content (AvgIpc) is 3.09. The smallest absolute Gasteiger partial charge is 0.265 e. The van der Waals surface area contributed by atoms with Crippen LogP contribution in [0.4, 0.5) is 0 Å². The van der Waals surface area contributed by atoms with Gasteiger partial charge in [-0.15, -0.1) is 11.3 Å². The second-order valence-corrected chi connectivity index (χ2v) is 7.71. The molecule has 1 amide bonds. The monoisotopic (exact) mass is 381 g/mol. The van der Waals surface area contributed by atoms with Crippen molar-refractivity contribution in [3.05, 3.63) is 53.0 Å². The molecule has 3 rings (SSSR count). The standard InChI is InChI=1S/C22H27N3OS/c1-5-25(6-2)15-14-24(4)22(26)20-16(3)23-21(27-20)19-13-9-11-17-10-7-8-12-18(17)19/h7-13H,5-6,14-15H2,1-4H3. The van der Waals surface area contributed by atoms with Crippen molar-refractivity contribution in [2.45, 2.75) is 20.8 Å². The minimum absolute atomic E-state index is 0.0589. The molecule has 0 aliphatic rings. The third-order valence-electron chi connectivity index (χ3n) is 5.00. The molecule has 0 fully saturated rings. The van der Waals surface area contributed by atoms with Gasteiger partial charge in [-0.2, -0.15) is 0 Å². The van der Waals surface area contributed by atoms with E-state index in [2.05, 4.69) is 43.0 Å². The van der Waals surface area contributed by atoms with Crippen LogP contribution in [0.2, 0.25) is 0 Å². The number of aryl methyl sites for hydroxylation is 1. The van der Waals surface area contributed by atoms with Gasteiger partial charge in [-0.05, 0) is 30.8 Å². The van der Waals surface area contributed by atoms with Crippen molar-refractivity contribution in [3.8, 4) is 10.6 Å². The molecule has 0 aliphatic heterocycles. The van der Waals surface area contributed by atoms with Crippen LogP contribution in [-0.2, 0) is 0 Å². The molecular formula is C22H27N3OS. The molecule has 4 nitrogen and oxygen atoms in total. The second kappa shape index (κ2) is 8.63. The SMILES string of the molecule is CCN(CC)CCN(C)C(=O)c1sc(-c2cccc3ccccc23)nc1C. The van der Waals surface area contributed by atoms with Crippen LogP contribution in [0.1, 0.15) is 29.2 Å². The molecule has 27 heavy (non-hydrogen) atoms. The Hall–Kier alpha value is -2.24. The third kappa shape index (κ3) is 4.20. The number of nitrogens with zero attached hydrogens (tertiary/aromatic N) is 3. The molecule has 0 saturated heterocycles. The minimum atomic E-state index is 0.0589. The van der Waals surface area contributed by atoms with E-state index in [9.17, 15) is 4.79 Å². The zero-order chi connectivity index (χ0) is 19.4. The number of thiazole rings is 1. The fourth-order valence-electron chi connectivity index (χ4n) is 3.23. The number of aromatic nitrogens is 1. The summed E-state index contributed by atoms with van der Waals surface area (Å²) < 4.78 is 0. The van der Waals surface area contributed by atoms with Gasteiger partial charge in [-0.25, -0.2) is 4.98 Å². The Kier molecular flexibility index (Phi) is 6.24. The van der Waals surface area contributed by atoms with Crippen LogP contribution in [0.5, 0.6) is 0 Å². The largest absolute Gasteiger partial charge is 0.340 e. The first kappa shape index (κ1) is 19.5. The highest BCUT2D eigenvalue weighted by molar-refractivity contribution is 7.17. The number of hydrogen-bond acceptors (Lipinski definition) is 4. The van der Waals surface area contributed by atoms with Crippen molar-refractivity contribution in [3.63, 3.8) is 0 Å². The Bertz CT molecular complexity index is 925. The number of fused-ring (bicyclic) bond motifs is 1. The topological polar surface area (TPSA) is 36.4 Å². The molecule has 0 saturated carbocycles. The lowest BCUT2D eigenvalue weighted by molar-refractivity contribution is 0.0783.